The minimum absolute atomic E-state index is 0.431. The van der Waals surface area contributed by atoms with Gasteiger partial charge in [0.05, 0.1) is 26.1 Å². The first kappa shape index (κ1) is 15.1. The highest BCUT2D eigenvalue weighted by molar-refractivity contribution is 5.74. The van der Waals surface area contributed by atoms with Crippen LogP contribution in [0.1, 0.15) is 5.56 Å². The van der Waals surface area contributed by atoms with Crippen molar-refractivity contribution < 1.29 is 9.47 Å². The van der Waals surface area contributed by atoms with E-state index in [1.165, 1.54) is 0 Å². The van der Waals surface area contributed by atoms with Gasteiger partial charge in [-0.25, -0.2) is 4.68 Å². The smallest absolute Gasteiger partial charge is 0.168 e. The highest BCUT2D eigenvalue weighted by Gasteiger charge is 2.15. The summed E-state index contributed by atoms with van der Waals surface area (Å²) in [6.45, 7) is 0.431. The SMILES string of the molecule is COc1cc(CN)cc(-c2cnn(-c3ccccc3)c2)c1OC. The lowest BCUT2D eigenvalue weighted by Crippen LogP contribution is -2.00. The topological polar surface area (TPSA) is 62.3 Å². The molecule has 0 unspecified atom stereocenters. The highest BCUT2D eigenvalue weighted by Crippen LogP contribution is 2.39. The summed E-state index contributed by atoms with van der Waals surface area (Å²) in [6, 6.07) is 13.9. The minimum atomic E-state index is 0.431. The number of benzene rings is 2. The molecule has 0 bridgehead atoms. The molecule has 0 atom stereocenters. The summed E-state index contributed by atoms with van der Waals surface area (Å²) in [6.07, 6.45) is 3.78. The Kier molecular flexibility index (Phi) is 4.30. The molecule has 1 heterocycles. The van der Waals surface area contributed by atoms with Crippen LogP contribution in [-0.2, 0) is 6.54 Å². The van der Waals surface area contributed by atoms with Crippen molar-refractivity contribution >= 4 is 0 Å². The van der Waals surface area contributed by atoms with E-state index in [1.54, 1.807) is 14.2 Å². The van der Waals surface area contributed by atoms with E-state index in [4.69, 9.17) is 15.2 Å². The summed E-state index contributed by atoms with van der Waals surface area (Å²) in [5.74, 6) is 1.34. The highest BCUT2D eigenvalue weighted by atomic mass is 16.5. The zero-order chi connectivity index (χ0) is 16.2. The monoisotopic (exact) mass is 309 g/mol. The summed E-state index contributed by atoms with van der Waals surface area (Å²) in [7, 11) is 3.25. The van der Waals surface area contributed by atoms with Gasteiger partial charge < -0.3 is 15.2 Å². The molecule has 3 rings (SSSR count). The van der Waals surface area contributed by atoms with Gasteiger partial charge in [0.15, 0.2) is 11.5 Å². The molecule has 1 aromatic heterocycles. The molecule has 118 valence electrons. The molecule has 0 amide bonds. The molecular weight excluding hydrogens is 290 g/mol. The Morgan fingerprint density at radius 3 is 2.52 bits per heavy atom. The summed E-state index contributed by atoms with van der Waals surface area (Å²) >= 11 is 0. The van der Waals surface area contributed by atoms with Crippen LogP contribution in [0.15, 0.2) is 54.9 Å². The number of rotatable bonds is 5. The second-order valence-electron chi connectivity index (χ2n) is 5.09. The normalized spacial score (nSPS) is 10.6. The first-order valence-electron chi connectivity index (χ1n) is 7.32. The molecule has 2 N–H and O–H groups in total. The van der Waals surface area contributed by atoms with Gasteiger partial charge in [0.2, 0.25) is 0 Å². The Balaban J connectivity index is 2.10. The van der Waals surface area contributed by atoms with Gasteiger partial charge in [0.25, 0.3) is 0 Å². The number of hydrogen-bond acceptors (Lipinski definition) is 4. The third-order valence-electron chi connectivity index (χ3n) is 3.69. The number of nitrogens with two attached hydrogens (primary N) is 1. The third-order valence-corrected chi connectivity index (χ3v) is 3.69. The maximum Gasteiger partial charge on any atom is 0.168 e. The Morgan fingerprint density at radius 1 is 1.09 bits per heavy atom. The molecule has 0 aliphatic carbocycles. The number of methoxy groups -OCH3 is 2. The maximum atomic E-state index is 5.79. The molecule has 2 aromatic carbocycles. The zero-order valence-electron chi connectivity index (χ0n) is 13.2. The molecule has 0 saturated carbocycles. The van der Waals surface area contributed by atoms with Crippen LogP contribution in [-0.4, -0.2) is 24.0 Å². The molecule has 3 aromatic rings. The lowest BCUT2D eigenvalue weighted by Gasteiger charge is -2.13. The third kappa shape index (κ3) is 2.91. The molecule has 0 radical (unpaired) electrons. The van der Waals surface area contributed by atoms with Crippen molar-refractivity contribution in [3.63, 3.8) is 0 Å². The van der Waals surface area contributed by atoms with Gasteiger partial charge in [-0.15, -0.1) is 0 Å². The van der Waals surface area contributed by atoms with Crippen LogP contribution in [0.3, 0.4) is 0 Å². The van der Waals surface area contributed by atoms with Crippen molar-refractivity contribution in [2.45, 2.75) is 6.54 Å². The van der Waals surface area contributed by atoms with E-state index in [1.807, 2.05) is 59.5 Å². The summed E-state index contributed by atoms with van der Waals surface area (Å²) in [5.41, 5.74) is 9.62. The van der Waals surface area contributed by atoms with Crippen LogP contribution >= 0.6 is 0 Å². The number of nitrogens with zero attached hydrogens (tertiary/aromatic N) is 2. The fourth-order valence-electron chi connectivity index (χ4n) is 2.54. The van der Waals surface area contributed by atoms with Crippen LogP contribution in [0, 0.1) is 0 Å². The molecule has 0 aliphatic heterocycles. The Bertz CT molecular complexity index is 797. The lowest BCUT2D eigenvalue weighted by atomic mass is 10.0. The predicted molar refractivity (Wildman–Crippen MR) is 90.0 cm³/mol. The molecule has 0 aliphatic rings. The van der Waals surface area contributed by atoms with E-state index in [-0.39, 0.29) is 0 Å². The lowest BCUT2D eigenvalue weighted by molar-refractivity contribution is 0.355. The van der Waals surface area contributed by atoms with E-state index >= 15 is 0 Å². The van der Waals surface area contributed by atoms with Crippen LogP contribution in [0.2, 0.25) is 0 Å². The van der Waals surface area contributed by atoms with Crippen molar-refractivity contribution in [3.8, 4) is 28.3 Å². The van der Waals surface area contributed by atoms with Gasteiger partial charge >= 0.3 is 0 Å². The molecule has 0 fully saturated rings. The second kappa shape index (κ2) is 6.54. The van der Waals surface area contributed by atoms with Crippen LogP contribution < -0.4 is 15.2 Å². The second-order valence-corrected chi connectivity index (χ2v) is 5.09. The number of aromatic nitrogens is 2. The van der Waals surface area contributed by atoms with Crippen molar-refractivity contribution in [1.82, 2.24) is 9.78 Å². The van der Waals surface area contributed by atoms with Crippen LogP contribution in [0.5, 0.6) is 11.5 Å². The van der Waals surface area contributed by atoms with Crippen molar-refractivity contribution in [1.29, 1.82) is 0 Å². The Hall–Kier alpha value is -2.79. The van der Waals surface area contributed by atoms with Gasteiger partial charge in [-0.05, 0) is 29.8 Å². The fourth-order valence-corrected chi connectivity index (χ4v) is 2.54. The first-order chi connectivity index (χ1) is 11.3. The van der Waals surface area contributed by atoms with E-state index in [0.29, 0.717) is 18.0 Å². The van der Waals surface area contributed by atoms with Crippen LogP contribution in [0.4, 0.5) is 0 Å². The molecule has 0 spiro atoms. The molecule has 23 heavy (non-hydrogen) atoms. The molecule has 5 heteroatoms. The van der Waals surface area contributed by atoms with Gasteiger partial charge in [-0.2, -0.15) is 5.10 Å². The first-order valence-corrected chi connectivity index (χ1v) is 7.32. The molecular formula is C18H19N3O2. The fraction of sp³-hybridized carbons (Fsp3) is 0.167. The van der Waals surface area contributed by atoms with E-state index in [9.17, 15) is 0 Å². The van der Waals surface area contributed by atoms with Gasteiger partial charge in [-0.3, -0.25) is 0 Å². The predicted octanol–water partition coefficient (Wildman–Crippen LogP) is 3.02. The molecule has 0 saturated heterocycles. The number of para-hydroxylation sites is 1. The average molecular weight is 309 g/mol. The zero-order valence-corrected chi connectivity index (χ0v) is 13.2. The average Bonchev–Trinajstić information content (AvgIpc) is 3.11. The summed E-state index contributed by atoms with van der Waals surface area (Å²) < 4.78 is 12.8. The molecule has 5 nitrogen and oxygen atoms in total. The quantitative estimate of drug-likeness (QED) is 0.787. The maximum absolute atomic E-state index is 5.79. The summed E-state index contributed by atoms with van der Waals surface area (Å²) in [4.78, 5) is 0. The Morgan fingerprint density at radius 2 is 1.87 bits per heavy atom. The van der Waals surface area contributed by atoms with Crippen molar-refractivity contribution in [2.75, 3.05) is 14.2 Å². The number of ether oxygens (including phenoxy) is 2. The Labute approximate surface area is 135 Å². The van der Waals surface area contributed by atoms with Crippen molar-refractivity contribution in [3.05, 3.63) is 60.4 Å². The van der Waals surface area contributed by atoms with E-state index in [0.717, 1.165) is 22.4 Å². The summed E-state index contributed by atoms with van der Waals surface area (Å²) in [5, 5.41) is 4.44. The standard InChI is InChI=1S/C18H19N3O2/c1-22-17-9-13(10-19)8-16(18(17)23-2)14-11-20-21(12-14)15-6-4-3-5-7-15/h3-9,11-12H,10,19H2,1-2H3. The van der Waals surface area contributed by atoms with Gasteiger partial charge in [-0.1, -0.05) is 18.2 Å². The van der Waals surface area contributed by atoms with Gasteiger partial charge in [0.1, 0.15) is 0 Å². The van der Waals surface area contributed by atoms with Crippen molar-refractivity contribution in [2.24, 2.45) is 5.73 Å². The van der Waals surface area contributed by atoms with E-state index in [2.05, 4.69) is 5.10 Å². The van der Waals surface area contributed by atoms with Gasteiger partial charge in [0, 0.05) is 23.9 Å². The minimum Gasteiger partial charge on any atom is -0.493 e. The van der Waals surface area contributed by atoms with Crippen LogP contribution in [0.25, 0.3) is 16.8 Å². The number of hydrogen-bond donors (Lipinski definition) is 1. The van der Waals surface area contributed by atoms with E-state index < -0.39 is 0 Å². The largest absolute Gasteiger partial charge is 0.493 e.